The lowest BCUT2D eigenvalue weighted by Gasteiger charge is -2.17. The van der Waals surface area contributed by atoms with E-state index in [1.54, 1.807) is 0 Å². The molecule has 140 valence electrons. The van der Waals surface area contributed by atoms with Gasteiger partial charge in [0.1, 0.15) is 0 Å². The molecule has 2 aliphatic rings. The maximum absolute atomic E-state index is 5.05. The molecular weight excluding hydrogens is 314 g/mol. The van der Waals surface area contributed by atoms with Gasteiger partial charge in [0.2, 0.25) is 0 Å². The average Bonchev–Trinajstić information content (AvgIpc) is 2.63. The Morgan fingerprint density at radius 1 is 0.440 bits per heavy atom. The average molecular weight is 348 g/mol. The smallest absolute Gasteiger partial charge is 0.0774 e. The molecule has 0 unspecified atom stereocenters. The SMILES string of the molecule is C1CCNCCNCc2nc(c3nc2CNCCNCCNC3)CC1. The second-order valence-corrected chi connectivity index (χ2v) is 6.85. The van der Waals surface area contributed by atoms with Crippen molar-refractivity contribution < 1.29 is 0 Å². The van der Waals surface area contributed by atoms with E-state index in [2.05, 4.69) is 26.6 Å². The maximum Gasteiger partial charge on any atom is 0.0774 e. The second-order valence-electron chi connectivity index (χ2n) is 6.85. The lowest BCUT2D eigenvalue weighted by molar-refractivity contribution is 0.552. The molecular formula is C18H33N7. The molecule has 1 aromatic heterocycles. The van der Waals surface area contributed by atoms with Crippen LogP contribution < -0.4 is 26.6 Å². The molecule has 0 atom stereocenters. The van der Waals surface area contributed by atoms with E-state index in [1.165, 1.54) is 25.0 Å². The van der Waals surface area contributed by atoms with Gasteiger partial charge in [-0.15, -0.1) is 0 Å². The summed E-state index contributed by atoms with van der Waals surface area (Å²) >= 11 is 0. The zero-order valence-corrected chi connectivity index (χ0v) is 15.3. The van der Waals surface area contributed by atoms with E-state index in [0.717, 1.165) is 89.0 Å². The zero-order chi connectivity index (χ0) is 17.2. The topological polar surface area (TPSA) is 85.9 Å². The highest BCUT2D eigenvalue weighted by Gasteiger charge is 2.14. The molecule has 0 saturated carbocycles. The lowest BCUT2D eigenvalue weighted by Crippen LogP contribution is -2.34. The van der Waals surface area contributed by atoms with Crippen LogP contribution in [-0.2, 0) is 26.1 Å². The Bertz CT molecular complexity index is 479. The third kappa shape index (κ3) is 6.27. The third-order valence-corrected chi connectivity index (χ3v) is 4.79. The van der Waals surface area contributed by atoms with E-state index >= 15 is 0 Å². The Hall–Kier alpha value is -1.12. The summed E-state index contributed by atoms with van der Waals surface area (Å²) in [5.41, 5.74) is 4.52. The standard InChI is InChI=1S/C18H33N7/c1-2-4-15-16-12-21-10-7-20-8-11-23-14-18(25-16)17(24-15)13-22-9-6-19-5-3-1/h19-23H,1-14H2. The number of aryl methyl sites for hydroxylation is 1. The van der Waals surface area contributed by atoms with Gasteiger partial charge >= 0.3 is 0 Å². The van der Waals surface area contributed by atoms with Crippen molar-refractivity contribution in [2.24, 2.45) is 0 Å². The maximum atomic E-state index is 5.05. The van der Waals surface area contributed by atoms with Gasteiger partial charge in [-0.2, -0.15) is 0 Å². The molecule has 1 aromatic rings. The van der Waals surface area contributed by atoms with Crippen LogP contribution in [0, 0.1) is 0 Å². The largest absolute Gasteiger partial charge is 0.315 e. The lowest BCUT2D eigenvalue weighted by atomic mass is 10.1. The Morgan fingerprint density at radius 3 is 1.56 bits per heavy atom. The van der Waals surface area contributed by atoms with Crippen LogP contribution in [0.2, 0.25) is 0 Å². The van der Waals surface area contributed by atoms with Crippen molar-refractivity contribution >= 4 is 0 Å². The predicted octanol–water partition coefficient (Wildman–Crippen LogP) is -0.335. The summed E-state index contributed by atoms with van der Waals surface area (Å²) in [6, 6.07) is 0. The molecule has 0 fully saturated rings. The van der Waals surface area contributed by atoms with Crippen LogP contribution in [0.5, 0.6) is 0 Å². The van der Waals surface area contributed by atoms with E-state index in [0.29, 0.717) is 0 Å². The number of fused-ring (bicyclic) bond motifs is 6. The molecule has 5 N–H and O–H groups in total. The van der Waals surface area contributed by atoms with Crippen LogP contribution in [-0.4, -0.2) is 55.8 Å². The van der Waals surface area contributed by atoms with E-state index in [4.69, 9.17) is 9.97 Å². The monoisotopic (exact) mass is 347 g/mol. The van der Waals surface area contributed by atoms with Crippen LogP contribution in [0.3, 0.4) is 0 Å². The quantitative estimate of drug-likeness (QED) is 0.439. The first kappa shape index (κ1) is 18.7. The van der Waals surface area contributed by atoms with Gasteiger partial charge < -0.3 is 26.6 Å². The first-order valence-electron chi connectivity index (χ1n) is 9.84. The van der Waals surface area contributed by atoms with Crippen molar-refractivity contribution in [1.29, 1.82) is 0 Å². The molecule has 2 aliphatic heterocycles. The van der Waals surface area contributed by atoms with Gasteiger partial charge in [0.25, 0.3) is 0 Å². The predicted molar refractivity (Wildman–Crippen MR) is 100 cm³/mol. The van der Waals surface area contributed by atoms with Crippen molar-refractivity contribution in [3.8, 4) is 0 Å². The van der Waals surface area contributed by atoms with Gasteiger partial charge in [-0.1, -0.05) is 6.42 Å². The number of nitrogens with zero attached hydrogens (tertiary/aromatic N) is 2. The molecule has 0 aromatic carbocycles. The van der Waals surface area contributed by atoms with Crippen molar-refractivity contribution in [3.63, 3.8) is 0 Å². The molecule has 0 spiro atoms. The molecule has 0 amide bonds. The fourth-order valence-corrected chi connectivity index (χ4v) is 3.33. The minimum atomic E-state index is 0.789. The number of nitrogens with one attached hydrogen (secondary N) is 5. The zero-order valence-electron chi connectivity index (χ0n) is 15.3. The van der Waals surface area contributed by atoms with Gasteiger partial charge in [-0.3, -0.25) is 9.97 Å². The van der Waals surface area contributed by atoms with Crippen molar-refractivity contribution in [1.82, 2.24) is 36.6 Å². The molecule has 7 heteroatoms. The van der Waals surface area contributed by atoms with Gasteiger partial charge in [-0.25, -0.2) is 0 Å². The van der Waals surface area contributed by atoms with Crippen molar-refractivity contribution in [3.05, 3.63) is 22.8 Å². The molecule has 0 saturated heterocycles. The van der Waals surface area contributed by atoms with Gasteiger partial charge in [0.15, 0.2) is 0 Å². The van der Waals surface area contributed by atoms with Crippen LogP contribution >= 0.6 is 0 Å². The summed E-state index contributed by atoms with van der Waals surface area (Å²) in [6.07, 6.45) is 4.71. The Kier molecular flexibility index (Phi) is 8.05. The molecule has 3 rings (SSSR count). The summed E-state index contributed by atoms with van der Waals surface area (Å²) < 4.78 is 0. The van der Waals surface area contributed by atoms with E-state index in [9.17, 15) is 0 Å². The number of hydrogen-bond donors (Lipinski definition) is 5. The molecule has 4 bridgehead atoms. The summed E-state index contributed by atoms with van der Waals surface area (Å²) in [4.78, 5) is 10.1. The normalized spacial score (nSPS) is 21.8. The molecule has 3 heterocycles. The van der Waals surface area contributed by atoms with Crippen LogP contribution in [0.15, 0.2) is 0 Å². The summed E-state index contributed by atoms with van der Waals surface area (Å²) in [7, 11) is 0. The number of hydrogen-bond acceptors (Lipinski definition) is 7. The number of rotatable bonds is 0. The minimum Gasteiger partial charge on any atom is -0.315 e. The summed E-state index contributed by atoms with van der Waals surface area (Å²) in [5.74, 6) is 0. The second kappa shape index (κ2) is 10.8. The Morgan fingerprint density at radius 2 is 0.920 bits per heavy atom. The van der Waals surface area contributed by atoms with Gasteiger partial charge in [0, 0.05) is 58.9 Å². The fourth-order valence-electron chi connectivity index (χ4n) is 3.33. The fraction of sp³-hybridized carbons (Fsp3) is 0.778. The molecule has 0 aliphatic carbocycles. The van der Waals surface area contributed by atoms with Crippen LogP contribution in [0.4, 0.5) is 0 Å². The van der Waals surface area contributed by atoms with Crippen molar-refractivity contribution in [2.75, 3.05) is 45.8 Å². The molecule has 7 nitrogen and oxygen atoms in total. The van der Waals surface area contributed by atoms with E-state index in [1.807, 2.05) is 0 Å². The molecule has 25 heavy (non-hydrogen) atoms. The highest BCUT2D eigenvalue weighted by molar-refractivity contribution is 5.21. The summed E-state index contributed by atoms with van der Waals surface area (Å²) in [5, 5.41) is 17.5. The first-order valence-corrected chi connectivity index (χ1v) is 9.84. The van der Waals surface area contributed by atoms with E-state index in [-0.39, 0.29) is 0 Å². The van der Waals surface area contributed by atoms with E-state index < -0.39 is 0 Å². The highest BCUT2D eigenvalue weighted by atomic mass is 15.0. The Labute approximate surface area is 151 Å². The first-order chi connectivity index (χ1) is 12.4. The minimum absolute atomic E-state index is 0.789. The Balaban J connectivity index is 1.81. The third-order valence-electron chi connectivity index (χ3n) is 4.79. The summed E-state index contributed by atoms with van der Waals surface area (Å²) in [6.45, 7) is 9.39. The van der Waals surface area contributed by atoms with Crippen LogP contribution in [0.1, 0.15) is 42.0 Å². The van der Waals surface area contributed by atoms with Crippen LogP contribution in [0.25, 0.3) is 0 Å². The molecule has 0 radical (unpaired) electrons. The van der Waals surface area contributed by atoms with Crippen molar-refractivity contribution in [2.45, 2.75) is 45.3 Å². The highest BCUT2D eigenvalue weighted by Crippen LogP contribution is 2.14. The van der Waals surface area contributed by atoms with Gasteiger partial charge in [0.05, 0.1) is 22.8 Å². The number of aromatic nitrogens is 2. The van der Waals surface area contributed by atoms with Gasteiger partial charge in [-0.05, 0) is 25.8 Å².